The number of nitrogens with one attached hydrogen (secondary N) is 1. The van der Waals surface area contributed by atoms with E-state index in [1.54, 1.807) is 0 Å². The summed E-state index contributed by atoms with van der Waals surface area (Å²) in [6.45, 7) is -0.0775. The normalized spacial score (nSPS) is 50.0. The molecule has 5 heteroatoms. The fourth-order valence-corrected chi connectivity index (χ4v) is 7.86. The Morgan fingerprint density at radius 1 is 0.923 bits per heavy atom. The summed E-state index contributed by atoms with van der Waals surface area (Å²) in [6.07, 6.45) is 12.4. The first kappa shape index (κ1) is 15.4. The number of carbonyl (C=O) groups excluding carboxylic acids is 3. The van der Waals surface area contributed by atoms with Gasteiger partial charge in [0, 0.05) is 5.54 Å². The summed E-state index contributed by atoms with van der Waals surface area (Å²) >= 11 is 0. The highest BCUT2D eigenvalue weighted by Crippen LogP contribution is 2.56. The van der Waals surface area contributed by atoms with Gasteiger partial charge in [-0.1, -0.05) is 12.2 Å². The van der Waals surface area contributed by atoms with E-state index in [0.29, 0.717) is 0 Å². The summed E-state index contributed by atoms with van der Waals surface area (Å²) in [6, 6.07) is 0. The Labute approximate surface area is 153 Å². The number of carbonyl (C=O) groups is 3. The van der Waals surface area contributed by atoms with Crippen molar-refractivity contribution in [2.24, 2.45) is 41.4 Å². The van der Waals surface area contributed by atoms with E-state index in [0.717, 1.165) is 43.4 Å². The molecule has 26 heavy (non-hydrogen) atoms. The van der Waals surface area contributed by atoms with Crippen molar-refractivity contribution in [3.8, 4) is 0 Å². The molecule has 6 aliphatic carbocycles. The molecule has 5 nitrogen and oxygen atoms in total. The standard InChI is InChI=1S/C21H26N2O3/c24-16(22-21-7-11-3-12(8-21)5-13(4-11)9-21)10-23-19(25)17-14-1-2-15(6-14)18(17)20(23)26/h1-2,11-15,17-18H,3-10H2,(H,22,24)/t11?,12?,13?,14-,15+,17-,18+,21?. The molecular weight excluding hydrogens is 328 g/mol. The van der Waals surface area contributed by atoms with Gasteiger partial charge in [-0.2, -0.15) is 0 Å². The molecule has 138 valence electrons. The second kappa shape index (κ2) is 4.99. The van der Waals surface area contributed by atoms with Gasteiger partial charge in [-0.25, -0.2) is 0 Å². The number of nitrogens with zero attached hydrogens (tertiary/aromatic N) is 1. The molecule has 1 aliphatic heterocycles. The van der Waals surface area contributed by atoms with Crippen LogP contribution in [-0.2, 0) is 14.4 Å². The third kappa shape index (κ3) is 2.00. The maximum absolute atomic E-state index is 12.8. The lowest BCUT2D eigenvalue weighted by Crippen LogP contribution is -2.61. The van der Waals surface area contributed by atoms with E-state index in [4.69, 9.17) is 0 Å². The highest BCUT2D eigenvalue weighted by atomic mass is 16.2. The Hall–Kier alpha value is -1.65. The van der Waals surface area contributed by atoms with Crippen molar-refractivity contribution in [2.45, 2.75) is 50.5 Å². The Morgan fingerprint density at radius 2 is 1.42 bits per heavy atom. The van der Waals surface area contributed by atoms with Crippen molar-refractivity contribution in [3.05, 3.63) is 12.2 Å². The van der Waals surface area contributed by atoms with E-state index in [-0.39, 0.29) is 53.5 Å². The van der Waals surface area contributed by atoms with Crippen molar-refractivity contribution in [1.29, 1.82) is 0 Å². The van der Waals surface area contributed by atoms with Crippen LogP contribution in [0.15, 0.2) is 12.2 Å². The lowest BCUT2D eigenvalue weighted by Gasteiger charge is -2.57. The first-order valence-electron chi connectivity index (χ1n) is 10.4. The minimum Gasteiger partial charge on any atom is -0.349 e. The van der Waals surface area contributed by atoms with Crippen molar-refractivity contribution in [3.63, 3.8) is 0 Å². The van der Waals surface area contributed by atoms with E-state index < -0.39 is 0 Å². The predicted molar refractivity (Wildman–Crippen MR) is 93.5 cm³/mol. The van der Waals surface area contributed by atoms with Gasteiger partial charge in [0.25, 0.3) is 0 Å². The average Bonchev–Trinajstić information content (AvgIpc) is 3.23. The lowest BCUT2D eigenvalue weighted by atomic mass is 9.53. The zero-order valence-corrected chi connectivity index (χ0v) is 15.0. The van der Waals surface area contributed by atoms with Gasteiger partial charge in [0.05, 0.1) is 11.8 Å². The SMILES string of the molecule is O=C(CN1C(=O)[C@@H]2[C@H](C1=O)[C@@H]1C=C[C@H]2C1)NC12CC3CC(CC(C3)C1)C2. The number of likely N-dealkylation sites (tertiary alicyclic amines) is 1. The van der Waals surface area contributed by atoms with E-state index in [1.165, 1.54) is 24.2 Å². The van der Waals surface area contributed by atoms with E-state index in [2.05, 4.69) is 17.5 Å². The van der Waals surface area contributed by atoms with Crippen molar-refractivity contribution in [1.82, 2.24) is 10.2 Å². The van der Waals surface area contributed by atoms with Crippen molar-refractivity contribution >= 4 is 17.7 Å². The number of hydrogen-bond acceptors (Lipinski definition) is 3. The van der Waals surface area contributed by atoms with Gasteiger partial charge < -0.3 is 5.32 Å². The molecule has 3 amide bonds. The highest BCUT2D eigenvalue weighted by molar-refractivity contribution is 6.08. The average molecular weight is 354 g/mol. The Kier molecular flexibility index (Phi) is 2.96. The van der Waals surface area contributed by atoms with Crippen molar-refractivity contribution in [2.75, 3.05) is 6.54 Å². The zero-order chi connectivity index (χ0) is 17.6. The summed E-state index contributed by atoms with van der Waals surface area (Å²) in [5.41, 5.74) is -0.0614. The number of hydrogen-bond donors (Lipinski definition) is 1. The molecule has 5 saturated carbocycles. The van der Waals surface area contributed by atoms with Gasteiger partial charge in [-0.05, 0) is 74.5 Å². The maximum atomic E-state index is 12.8. The summed E-state index contributed by atoms with van der Waals surface area (Å²) in [7, 11) is 0. The van der Waals surface area contributed by atoms with Crippen LogP contribution >= 0.6 is 0 Å². The smallest absolute Gasteiger partial charge is 0.240 e. The van der Waals surface area contributed by atoms with Crippen LogP contribution in [0.3, 0.4) is 0 Å². The molecule has 1 N–H and O–H groups in total. The predicted octanol–water partition coefficient (Wildman–Crippen LogP) is 1.88. The lowest BCUT2D eigenvalue weighted by molar-refractivity contribution is -0.145. The monoisotopic (exact) mass is 354 g/mol. The second-order valence-corrected chi connectivity index (χ2v) is 10.0. The Balaban J connectivity index is 1.17. The molecule has 0 spiro atoms. The van der Waals surface area contributed by atoms with Gasteiger partial charge in [-0.3, -0.25) is 19.3 Å². The number of fused-ring (bicyclic) bond motifs is 5. The molecule has 0 aromatic heterocycles. The van der Waals surface area contributed by atoms with Crippen LogP contribution in [-0.4, -0.2) is 34.7 Å². The van der Waals surface area contributed by atoms with Crippen LogP contribution in [0.4, 0.5) is 0 Å². The summed E-state index contributed by atoms with van der Waals surface area (Å²) in [5, 5.41) is 3.30. The molecule has 7 aliphatic rings. The van der Waals surface area contributed by atoms with Gasteiger partial charge in [0.2, 0.25) is 17.7 Å². The number of allylic oxidation sites excluding steroid dienone is 2. The fraction of sp³-hybridized carbons (Fsp3) is 0.762. The first-order valence-corrected chi connectivity index (χ1v) is 10.4. The number of amides is 3. The molecule has 6 bridgehead atoms. The van der Waals surface area contributed by atoms with Gasteiger partial charge >= 0.3 is 0 Å². The molecule has 4 atom stereocenters. The minimum absolute atomic E-state index is 0.0614. The van der Waals surface area contributed by atoms with Crippen LogP contribution in [0.2, 0.25) is 0 Å². The highest BCUT2D eigenvalue weighted by Gasteiger charge is 2.59. The van der Waals surface area contributed by atoms with E-state index >= 15 is 0 Å². The topological polar surface area (TPSA) is 66.5 Å². The van der Waals surface area contributed by atoms with Gasteiger partial charge in [0.15, 0.2) is 0 Å². The molecule has 0 radical (unpaired) electrons. The molecular formula is C21H26N2O3. The van der Waals surface area contributed by atoms with Crippen LogP contribution in [0.25, 0.3) is 0 Å². The molecule has 6 fully saturated rings. The summed E-state index contributed by atoms with van der Waals surface area (Å²) in [5.74, 6) is 1.93. The Morgan fingerprint density at radius 3 is 1.92 bits per heavy atom. The van der Waals surface area contributed by atoms with E-state index in [1.807, 2.05) is 0 Å². The van der Waals surface area contributed by atoms with Crippen LogP contribution in [0.1, 0.15) is 44.9 Å². The molecule has 1 saturated heterocycles. The van der Waals surface area contributed by atoms with Crippen molar-refractivity contribution < 1.29 is 14.4 Å². The second-order valence-electron chi connectivity index (χ2n) is 10.0. The molecule has 0 aromatic rings. The fourth-order valence-electron chi connectivity index (χ4n) is 7.86. The van der Waals surface area contributed by atoms with Gasteiger partial charge in [0.1, 0.15) is 6.54 Å². The molecule has 7 rings (SSSR count). The maximum Gasteiger partial charge on any atom is 0.240 e. The molecule has 0 aromatic carbocycles. The quantitative estimate of drug-likeness (QED) is 0.622. The minimum atomic E-state index is -0.204. The third-order valence-electron chi connectivity index (χ3n) is 8.31. The zero-order valence-electron chi connectivity index (χ0n) is 15.0. The first-order chi connectivity index (χ1) is 12.5. The number of imide groups is 1. The Bertz CT molecular complexity index is 676. The van der Waals surface area contributed by atoms with E-state index in [9.17, 15) is 14.4 Å². The van der Waals surface area contributed by atoms with Crippen LogP contribution < -0.4 is 5.32 Å². The molecule has 1 heterocycles. The molecule has 0 unspecified atom stereocenters. The largest absolute Gasteiger partial charge is 0.349 e. The van der Waals surface area contributed by atoms with Crippen LogP contribution in [0, 0.1) is 41.4 Å². The summed E-state index contributed by atoms with van der Waals surface area (Å²) < 4.78 is 0. The third-order valence-corrected chi connectivity index (χ3v) is 8.31. The van der Waals surface area contributed by atoms with Gasteiger partial charge in [-0.15, -0.1) is 0 Å². The summed E-state index contributed by atoms with van der Waals surface area (Å²) in [4.78, 5) is 39.6. The van der Waals surface area contributed by atoms with Crippen LogP contribution in [0.5, 0.6) is 0 Å². The number of rotatable bonds is 3.